The molecule has 1 fully saturated rings. The normalized spacial score (nSPS) is 25.4. The van der Waals surface area contributed by atoms with E-state index < -0.39 is 0 Å². The third kappa shape index (κ3) is 3.39. The average molecular weight is 257 g/mol. The number of rotatable bonds is 2. The number of hydrogen-bond acceptors (Lipinski definition) is 1. The first kappa shape index (κ1) is 13.2. The van der Waals surface area contributed by atoms with E-state index in [1.807, 2.05) is 0 Å². The van der Waals surface area contributed by atoms with Gasteiger partial charge >= 0.3 is 0 Å². The molecule has 0 heterocycles. The number of benzene rings is 1. The molecule has 1 saturated carbocycles. The molecule has 0 radical (unpaired) electrons. The van der Waals surface area contributed by atoms with Crippen LogP contribution in [0.15, 0.2) is 24.3 Å². The van der Waals surface area contributed by atoms with Crippen LogP contribution in [0, 0.1) is 0 Å². The molecule has 1 unspecified atom stereocenters. The van der Waals surface area contributed by atoms with Crippen molar-refractivity contribution in [3.8, 4) is 0 Å². The van der Waals surface area contributed by atoms with Gasteiger partial charge in [-0.05, 0) is 43.2 Å². The van der Waals surface area contributed by atoms with Crippen molar-refractivity contribution >= 4 is 0 Å². The van der Waals surface area contributed by atoms with Crippen molar-refractivity contribution in [1.82, 2.24) is 5.32 Å². The molecule has 2 aliphatic rings. The topological polar surface area (TPSA) is 12.0 Å². The molecular formula is C18H27N. The van der Waals surface area contributed by atoms with Gasteiger partial charge in [0.15, 0.2) is 0 Å². The molecule has 0 bridgehead atoms. The summed E-state index contributed by atoms with van der Waals surface area (Å²) in [5, 5.41) is 3.99. The third-order valence-electron chi connectivity index (χ3n) is 4.91. The van der Waals surface area contributed by atoms with E-state index in [4.69, 9.17) is 0 Å². The summed E-state index contributed by atoms with van der Waals surface area (Å²) < 4.78 is 0. The Labute approximate surface area is 117 Å². The summed E-state index contributed by atoms with van der Waals surface area (Å²) >= 11 is 0. The van der Waals surface area contributed by atoms with Gasteiger partial charge in [-0.3, -0.25) is 0 Å². The number of hydrogen-bond donors (Lipinski definition) is 1. The Morgan fingerprint density at radius 2 is 1.53 bits per heavy atom. The molecule has 1 atom stereocenters. The van der Waals surface area contributed by atoms with E-state index in [-0.39, 0.29) is 0 Å². The molecule has 1 aromatic rings. The SMILES string of the molecule is c1ccc2c(c1)CCCCC2NC1CCCCCC1. The summed E-state index contributed by atoms with van der Waals surface area (Å²) in [5.41, 5.74) is 3.18. The van der Waals surface area contributed by atoms with E-state index in [9.17, 15) is 0 Å². The second-order valence-electron chi connectivity index (χ2n) is 6.35. The van der Waals surface area contributed by atoms with E-state index in [0.29, 0.717) is 6.04 Å². The second-order valence-corrected chi connectivity index (χ2v) is 6.35. The van der Waals surface area contributed by atoms with Crippen LogP contribution in [0.1, 0.15) is 75.0 Å². The summed E-state index contributed by atoms with van der Waals surface area (Å²) in [5.74, 6) is 0. The van der Waals surface area contributed by atoms with E-state index in [2.05, 4.69) is 29.6 Å². The van der Waals surface area contributed by atoms with Crippen LogP contribution in [0.25, 0.3) is 0 Å². The zero-order valence-electron chi connectivity index (χ0n) is 12.0. The van der Waals surface area contributed by atoms with Crippen molar-refractivity contribution in [2.45, 2.75) is 76.3 Å². The summed E-state index contributed by atoms with van der Waals surface area (Å²) in [6, 6.07) is 10.5. The highest BCUT2D eigenvalue weighted by molar-refractivity contribution is 5.31. The maximum Gasteiger partial charge on any atom is 0.0325 e. The van der Waals surface area contributed by atoms with Crippen LogP contribution >= 0.6 is 0 Å². The van der Waals surface area contributed by atoms with Gasteiger partial charge in [-0.25, -0.2) is 0 Å². The molecule has 2 aliphatic carbocycles. The van der Waals surface area contributed by atoms with Crippen LogP contribution in [0.3, 0.4) is 0 Å². The Balaban J connectivity index is 1.72. The lowest BCUT2D eigenvalue weighted by molar-refractivity contribution is 0.381. The molecule has 0 spiro atoms. The van der Waals surface area contributed by atoms with Crippen LogP contribution in [0.2, 0.25) is 0 Å². The first-order valence-corrected chi connectivity index (χ1v) is 8.27. The van der Waals surface area contributed by atoms with Gasteiger partial charge in [0.25, 0.3) is 0 Å². The van der Waals surface area contributed by atoms with Gasteiger partial charge in [-0.2, -0.15) is 0 Å². The molecule has 1 nitrogen and oxygen atoms in total. The maximum atomic E-state index is 3.99. The first-order valence-electron chi connectivity index (χ1n) is 8.27. The van der Waals surface area contributed by atoms with Gasteiger partial charge in [-0.1, -0.05) is 56.4 Å². The minimum absolute atomic E-state index is 0.613. The minimum atomic E-state index is 0.613. The van der Waals surface area contributed by atoms with Crippen LogP contribution in [0.5, 0.6) is 0 Å². The summed E-state index contributed by atoms with van der Waals surface area (Å²) in [7, 11) is 0. The fraction of sp³-hybridized carbons (Fsp3) is 0.667. The highest BCUT2D eigenvalue weighted by atomic mass is 15.0. The summed E-state index contributed by atoms with van der Waals surface area (Å²) in [4.78, 5) is 0. The Kier molecular flexibility index (Phi) is 4.55. The van der Waals surface area contributed by atoms with Gasteiger partial charge in [0.1, 0.15) is 0 Å². The smallest absolute Gasteiger partial charge is 0.0325 e. The molecule has 104 valence electrons. The largest absolute Gasteiger partial charge is 0.307 e. The maximum absolute atomic E-state index is 3.99. The standard InChI is InChI=1S/C18H27N/c1-2-4-12-16(11-3-1)19-18-14-8-6-10-15-9-5-7-13-17(15)18/h5,7,9,13,16,18-19H,1-4,6,8,10-12,14H2. The fourth-order valence-electron chi connectivity index (χ4n) is 3.82. The Bertz CT molecular complexity index is 390. The molecule has 0 amide bonds. The van der Waals surface area contributed by atoms with E-state index in [1.54, 1.807) is 11.1 Å². The van der Waals surface area contributed by atoms with Crippen LogP contribution in [-0.2, 0) is 6.42 Å². The highest BCUT2D eigenvalue weighted by Gasteiger charge is 2.21. The zero-order chi connectivity index (χ0) is 12.9. The third-order valence-corrected chi connectivity index (χ3v) is 4.91. The molecule has 19 heavy (non-hydrogen) atoms. The van der Waals surface area contributed by atoms with E-state index in [0.717, 1.165) is 6.04 Å². The van der Waals surface area contributed by atoms with E-state index >= 15 is 0 Å². The number of nitrogens with one attached hydrogen (secondary N) is 1. The number of fused-ring (bicyclic) bond motifs is 1. The predicted octanol–water partition coefficient (Wildman–Crippen LogP) is 4.77. The lowest BCUT2D eigenvalue weighted by Crippen LogP contribution is -2.32. The second kappa shape index (κ2) is 6.56. The summed E-state index contributed by atoms with van der Waals surface area (Å²) in [6.07, 6.45) is 13.8. The Morgan fingerprint density at radius 3 is 2.37 bits per heavy atom. The van der Waals surface area contributed by atoms with Crippen LogP contribution < -0.4 is 5.32 Å². The van der Waals surface area contributed by atoms with Crippen molar-refractivity contribution in [1.29, 1.82) is 0 Å². The van der Waals surface area contributed by atoms with Crippen LogP contribution in [-0.4, -0.2) is 6.04 Å². The van der Waals surface area contributed by atoms with Crippen molar-refractivity contribution in [2.24, 2.45) is 0 Å². The van der Waals surface area contributed by atoms with Crippen molar-refractivity contribution in [3.05, 3.63) is 35.4 Å². The lowest BCUT2D eigenvalue weighted by Gasteiger charge is -2.25. The monoisotopic (exact) mass is 257 g/mol. The lowest BCUT2D eigenvalue weighted by atomic mass is 9.97. The summed E-state index contributed by atoms with van der Waals surface area (Å²) in [6.45, 7) is 0. The van der Waals surface area contributed by atoms with Gasteiger partial charge in [0.05, 0.1) is 0 Å². The van der Waals surface area contributed by atoms with E-state index in [1.165, 1.54) is 64.2 Å². The average Bonchev–Trinajstić information content (AvgIpc) is 2.81. The fourth-order valence-corrected chi connectivity index (χ4v) is 3.82. The van der Waals surface area contributed by atoms with Crippen molar-refractivity contribution in [2.75, 3.05) is 0 Å². The van der Waals surface area contributed by atoms with Gasteiger partial charge in [0.2, 0.25) is 0 Å². The van der Waals surface area contributed by atoms with Gasteiger partial charge in [0, 0.05) is 12.1 Å². The minimum Gasteiger partial charge on any atom is -0.307 e. The van der Waals surface area contributed by atoms with Crippen molar-refractivity contribution in [3.63, 3.8) is 0 Å². The molecule has 1 N–H and O–H groups in total. The quantitative estimate of drug-likeness (QED) is 0.594. The molecule has 0 aromatic heterocycles. The molecule has 0 saturated heterocycles. The molecule has 3 rings (SSSR count). The molecule has 0 aliphatic heterocycles. The Morgan fingerprint density at radius 1 is 0.789 bits per heavy atom. The Hall–Kier alpha value is -0.820. The van der Waals surface area contributed by atoms with Gasteiger partial charge in [-0.15, -0.1) is 0 Å². The first-order chi connectivity index (χ1) is 9.43. The molecule has 1 heteroatoms. The highest BCUT2D eigenvalue weighted by Crippen LogP contribution is 2.30. The van der Waals surface area contributed by atoms with Crippen molar-refractivity contribution < 1.29 is 0 Å². The molecule has 1 aromatic carbocycles. The number of aryl methyl sites for hydroxylation is 1. The predicted molar refractivity (Wildman–Crippen MR) is 81.4 cm³/mol. The van der Waals surface area contributed by atoms with Gasteiger partial charge < -0.3 is 5.32 Å². The molecular weight excluding hydrogens is 230 g/mol. The van der Waals surface area contributed by atoms with Crippen LogP contribution in [0.4, 0.5) is 0 Å². The zero-order valence-corrected chi connectivity index (χ0v) is 12.0.